The van der Waals surface area contributed by atoms with E-state index in [2.05, 4.69) is 26.2 Å². The second kappa shape index (κ2) is 9.43. The molecule has 7 heteroatoms. The van der Waals surface area contributed by atoms with Gasteiger partial charge in [0.15, 0.2) is 0 Å². The van der Waals surface area contributed by atoms with Crippen LogP contribution in [0.5, 0.6) is 0 Å². The fourth-order valence-electron chi connectivity index (χ4n) is 3.96. The Morgan fingerprint density at radius 2 is 1.93 bits per heavy atom. The Labute approximate surface area is 181 Å². The maximum atomic E-state index is 13.6. The van der Waals surface area contributed by atoms with Crippen LogP contribution in [0, 0.1) is 5.82 Å². The van der Waals surface area contributed by atoms with Gasteiger partial charge in [-0.05, 0) is 49.7 Å². The molecule has 2 aliphatic heterocycles. The van der Waals surface area contributed by atoms with Crippen molar-refractivity contribution < 1.29 is 4.39 Å². The van der Waals surface area contributed by atoms with Gasteiger partial charge in [0, 0.05) is 38.3 Å². The molecule has 4 nitrogen and oxygen atoms in total. The number of halogens is 3. The van der Waals surface area contributed by atoms with Crippen molar-refractivity contribution in [2.45, 2.75) is 25.4 Å². The number of likely N-dealkylation sites (tertiary alicyclic amines) is 1. The van der Waals surface area contributed by atoms with Gasteiger partial charge in [-0.1, -0.05) is 35.3 Å². The summed E-state index contributed by atoms with van der Waals surface area (Å²) in [4.78, 5) is 8.88. The molecule has 1 aromatic heterocycles. The van der Waals surface area contributed by atoms with Crippen LogP contribution in [0.1, 0.15) is 24.1 Å². The van der Waals surface area contributed by atoms with Crippen LogP contribution in [0.25, 0.3) is 6.08 Å². The van der Waals surface area contributed by atoms with E-state index in [1.54, 1.807) is 6.07 Å². The third kappa shape index (κ3) is 5.28. The predicted octanol–water partition coefficient (Wildman–Crippen LogP) is 4.61. The van der Waals surface area contributed by atoms with E-state index in [4.69, 9.17) is 23.2 Å². The van der Waals surface area contributed by atoms with Gasteiger partial charge in [-0.3, -0.25) is 4.98 Å². The van der Waals surface area contributed by atoms with E-state index in [0.717, 1.165) is 69.1 Å². The minimum Gasteiger partial charge on any atom is -0.365 e. The van der Waals surface area contributed by atoms with Crippen LogP contribution in [-0.2, 0) is 6.54 Å². The molecule has 1 aromatic carbocycles. The highest BCUT2D eigenvalue weighted by Crippen LogP contribution is 2.25. The Morgan fingerprint density at radius 1 is 1.10 bits per heavy atom. The largest absolute Gasteiger partial charge is 0.365 e. The number of anilines is 1. The molecule has 154 valence electrons. The van der Waals surface area contributed by atoms with Crippen molar-refractivity contribution in [1.29, 1.82) is 0 Å². The van der Waals surface area contributed by atoms with E-state index in [-0.39, 0.29) is 5.82 Å². The molecule has 1 saturated heterocycles. The first-order chi connectivity index (χ1) is 14.1. The second-order valence-corrected chi connectivity index (χ2v) is 8.47. The molecule has 0 atom stereocenters. The minimum absolute atomic E-state index is 0.280. The number of pyridine rings is 1. The van der Waals surface area contributed by atoms with Crippen molar-refractivity contribution in [3.8, 4) is 0 Å². The van der Waals surface area contributed by atoms with Crippen LogP contribution in [0.2, 0.25) is 10.0 Å². The number of nitrogens with one attached hydrogen (secondary N) is 1. The molecular formula is C22H25Cl2FN4. The fraction of sp³-hybridized carbons (Fsp3) is 0.409. The summed E-state index contributed by atoms with van der Waals surface area (Å²) in [5.41, 5.74) is 2.90. The van der Waals surface area contributed by atoms with Gasteiger partial charge in [0.2, 0.25) is 0 Å². The van der Waals surface area contributed by atoms with Crippen molar-refractivity contribution in [3.05, 3.63) is 63.7 Å². The zero-order valence-corrected chi connectivity index (χ0v) is 17.8. The molecule has 1 fully saturated rings. The second-order valence-electron chi connectivity index (χ2n) is 7.65. The topological polar surface area (TPSA) is 31.4 Å². The number of hydrogen-bond donors (Lipinski definition) is 1. The summed E-state index contributed by atoms with van der Waals surface area (Å²) in [5.74, 6) is -0.280. The minimum atomic E-state index is -0.280. The molecule has 0 unspecified atom stereocenters. The first kappa shape index (κ1) is 20.6. The monoisotopic (exact) mass is 434 g/mol. The molecule has 0 radical (unpaired) electrons. The molecule has 2 aliphatic rings. The van der Waals surface area contributed by atoms with Crippen LogP contribution >= 0.6 is 23.2 Å². The Bertz CT molecular complexity index is 881. The van der Waals surface area contributed by atoms with Crippen LogP contribution < -0.4 is 10.2 Å². The average Bonchev–Trinajstić information content (AvgIpc) is 2.74. The lowest BCUT2D eigenvalue weighted by atomic mass is 10.0. The predicted molar refractivity (Wildman–Crippen MR) is 118 cm³/mol. The van der Waals surface area contributed by atoms with Crippen LogP contribution in [0.4, 0.5) is 10.1 Å². The lowest BCUT2D eigenvalue weighted by Gasteiger charge is -2.35. The molecule has 3 heterocycles. The van der Waals surface area contributed by atoms with Gasteiger partial charge in [-0.2, -0.15) is 0 Å². The van der Waals surface area contributed by atoms with Gasteiger partial charge in [-0.25, -0.2) is 4.39 Å². The number of nitrogens with zero attached hydrogens (tertiary/aromatic N) is 3. The SMILES string of the molecule is Fc1cnc2c(c1)N(CCN1CCC(NCc3ccc(Cl)c(Cl)c3)CC1)CC=C2. The van der Waals surface area contributed by atoms with Crippen LogP contribution in [-0.4, -0.2) is 48.6 Å². The maximum absolute atomic E-state index is 13.6. The summed E-state index contributed by atoms with van der Waals surface area (Å²) in [6, 6.07) is 7.88. The first-order valence-corrected chi connectivity index (χ1v) is 10.8. The van der Waals surface area contributed by atoms with E-state index in [1.807, 2.05) is 24.3 Å². The Balaban J connectivity index is 1.22. The molecule has 4 rings (SSSR count). The molecule has 0 aliphatic carbocycles. The lowest BCUT2D eigenvalue weighted by Crippen LogP contribution is -2.45. The van der Waals surface area contributed by atoms with Crippen molar-refractivity contribution in [2.75, 3.05) is 37.6 Å². The smallest absolute Gasteiger partial charge is 0.143 e. The first-order valence-electron chi connectivity index (χ1n) is 10.1. The van der Waals surface area contributed by atoms with E-state index in [0.29, 0.717) is 16.1 Å². The molecule has 29 heavy (non-hydrogen) atoms. The number of piperidine rings is 1. The van der Waals surface area contributed by atoms with E-state index in [1.165, 1.54) is 6.20 Å². The number of fused-ring (bicyclic) bond motifs is 1. The Morgan fingerprint density at radius 3 is 2.72 bits per heavy atom. The van der Waals surface area contributed by atoms with Gasteiger partial charge in [-0.15, -0.1) is 0 Å². The third-order valence-corrected chi connectivity index (χ3v) is 6.40. The standard InChI is InChI=1S/C22H25Cl2FN4/c23-19-4-3-16(12-20(19)24)14-26-18-5-8-28(9-6-18)10-11-29-7-1-2-21-22(29)13-17(25)15-27-21/h1-4,12-13,15,18,26H,5-11,14H2. The number of benzene rings is 1. The molecule has 0 amide bonds. The van der Waals surface area contributed by atoms with Crippen molar-refractivity contribution >= 4 is 35.0 Å². The van der Waals surface area contributed by atoms with Gasteiger partial charge in [0.05, 0.1) is 27.6 Å². The lowest BCUT2D eigenvalue weighted by molar-refractivity contribution is 0.201. The van der Waals surface area contributed by atoms with Crippen LogP contribution in [0.3, 0.4) is 0 Å². The number of hydrogen-bond acceptors (Lipinski definition) is 4. The van der Waals surface area contributed by atoms with Gasteiger partial charge in [0.25, 0.3) is 0 Å². The van der Waals surface area contributed by atoms with E-state index < -0.39 is 0 Å². The fourth-order valence-corrected chi connectivity index (χ4v) is 4.28. The molecule has 2 aromatic rings. The van der Waals surface area contributed by atoms with Crippen molar-refractivity contribution in [1.82, 2.24) is 15.2 Å². The van der Waals surface area contributed by atoms with Gasteiger partial charge < -0.3 is 15.1 Å². The summed E-state index contributed by atoms with van der Waals surface area (Å²) < 4.78 is 13.6. The highest BCUT2D eigenvalue weighted by molar-refractivity contribution is 6.42. The van der Waals surface area contributed by atoms with E-state index >= 15 is 0 Å². The summed E-state index contributed by atoms with van der Waals surface area (Å²) in [6.45, 7) is 5.60. The highest BCUT2D eigenvalue weighted by Gasteiger charge is 2.21. The van der Waals surface area contributed by atoms with E-state index in [9.17, 15) is 4.39 Å². The summed E-state index contributed by atoms with van der Waals surface area (Å²) >= 11 is 12.1. The molecule has 0 bridgehead atoms. The zero-order chi connectivity index (χ0) is 20.2. The summed E-state index contributed by atoms with van der Waals surface area (Å²) in [6.07, 6.45) is 7.58. The quantitative estimate of drug-likeness (QED) is 0.718. The molecule has 0 spiro atoms. The third-order valence-electron chi connectivity index (χ3n) is 5.66. The molecular weight excluding hydrogens is 410 g/mol. The average molecular weight is 435 g/mol. The normalized spacial score (nSPS) is 17.6. The Hall–Kier alpha value is -1.66. The number of rotatable bonds is 6. The summed E-state index contributed by atoms with van der Waals surface area (Å²) in [7, 11) is 0. The number of aromatic nitrogens is 1. The molecule has 0 saturated carbocycles. The van der Waals surface area contributed by atoms with Gasteiger partial charge in [0.1, 0.15) is 5.82 Å². The van der Waals surface area contributed by atoms with Gasteiger partial charge >= 0.3 is 0 Å². The van der Waals surface area contributed by atoms with Crippen LogP contribution in [0.15, 0.2) is 36.5 Å². The molecule has 1 N–H and O–H groups in total. The van der Waals surface area contributed by atoms with Crippen molar-refractivity contribution in [2.24, 2.45) is 0 Å². The Kier molecular flexibility index (Phi) is 6.70. The maximum Gasteiger partial charge on any atom is 0.143 e. The highest BCUT2D eigenvalue weighted by atomic mass is 35.5. The zero-order valence-electron chi connectivity index (χ0n) is 16.3. The summed E-state index contributed by atoms with van der Waals surface area (Å²) in [5, 5.41) is 4.83. The van der Waals surface area contributed by atoms with Crippen molar-refractivity contribution in [3.63, 3.8) is 0 Å².